The van der Waals surface area contributed by atoms with E-state index in [2.05, 4.69) is 20.8 Å². The molecule has 2 N–H and O–H groups in total. The molecule has 1 fully saturated rings. The van der Waals surface area contributed by atoms with Gasteiger partial charge in [-0.25, -0.2) is 4.98 Å². The van der Waals surface area contributed by atoms with E-state index in [-0.39, 0.29) is 35.8 Å². The SMILES string of the molecule is CNC(=O)Cc1csc(NC(=O)C2CN(C(=O)c3cc(C)on3)C2)n1. The van der Waals surface area contributed by atoms with E-state index in [1.165, 1.54) is 11.3 Å². The zero-order valence-corrected chi connectivity index (χ0v) is 14.6. The Hall–Kier alpha value is -2.75. The average molecular weight is 363 g/mol. The fraction of sp³-hybridized carbons (Fsp3) is 0.400. The molecule has 1 saturated heterocycles. The molecule has 9 nitrogen and oxygen atoms in total. The van der Waals surface area contributed by atoms with Crippen molar-refractivity contribution in [1.82, 2.24) is 20.4 Å². The molecule has 1 aliphatic rings. The normalized spacial score (nSPS) is 14.1. The second-order valence-electron chi connectivity index (χ2n) is 5.71. The molecule has 25 heavy (non-hydrogen) atoms. The minimum absolute atomic E-state index is 0.139. The number of anilines is 1. The third-order valence-corrected chi connectivity index (χ3v) is 4.60. The number of likely N-dealkylation sites (N-methyl/N-ethyl adjacent to an activating group) is 1. The number of likely N-dealkylation sites (tertiary alicyclic amines) is 1. The van der Waals surface area contributed by atoms with Crippen molar-refractivity contribution in [3.05, 3.63) is 28.6 Å². The van der Waals surface area contributed by atoms with Gasteiger partial charge in [-0.3, -0.25) is 14.4 Å². The number of nitrogens with one attached hydrogen (secondary N) is 2. The lowest BCUT2D eigenvalue weighted by Gasteiger charge is -2.37. The number of carbonyl (C=O) groups excluding carboxylic acids is 3. The van der Waals surface area contributed by atoms with Crippen LogP contribution in [0.15, 0.2) is 16.0 Å². The summed E-state index contributed by atoms with van der Waals surface area (Å²) >= 11 is 1.26. The van der Waals surface area contributed by atoms with Gasteiger partial charge in [-0.15, -0.1) is 11.3 Å². The number of hydrogen-bond donors (Lipinski definition) is 2. The maximum Gasteiger partial charge on any atom is 0.276 e. The molecule has 3 rings (SSSR count). The fourth-order valence-corrected chi connectivity index (χ4v) is 3.06. The topological polar surface area (TPSA) is 117 Å². The minimum Gasteiger partial charge on any atom is -0.361 e. The molecule has 2 aromatic rings. The summed E-state index contributed by atoms with van der Waals surface area (Å²) < 4.78 is 4.88. The van der Waals surface area contributed by atoms with Gasteiger partial charge in [-0.2, -0.15) is 0 Å². The molecule has 0 radical (unpaired) electrons. The zero-order chi connectivity index (χ0) is 18.0. The van der Waals surface area contributed by atoms with Crippen LogP contribution in [-0.2, 0) is 16.0 Å². The molecule has 0 bridgehead atoms. The highest BCUT2D eigenvalue weighted by atomic mass is 32.1. The first-order chi connectivity index (χ1) is 12.0. The van der Waals surface area contributed by atoms with Crippen LogP contribution in [0.25, 0.3) is 0 Å². The molecule has 2 aromatic heterocycles. The standard InChI is InChI=1S/C15H17N5O4S/c1-8-3-11(19-24-8)14(23)20-5-9(6-20)13(22)18-15-17-10(7-25-15)4-12(21)16-2/h3,7,9H,4-6H2,1-2H3,(H,16,21)(H,17,18,22). The second kappa shape index (κ2) is 7.01. The van der Waals surface area contributed by atoms with Gasteiger partial charge < -0.3 is 20.1 Å². The Kier molecular flexibility index (Phi) is 4.79. The number of thiazole rings is 1. The van der Waals surface area contributed by atoms with E-state index in [1.54, 1.807) is 30.3 Å². The van der Waals surface area contributed by atoms with Crippen molar-refractivity contribution in [2.24, 2.45) is 5.92 Å². The van der Waals surface area contributed by atoms with Gasteiger partial charge in [0.15, 0.2) is 10.8 Å². The summed E-state index contributed by atoms with van der Waals surface area (Å²) in [4.78, 5) is 41.4. The number of carbonyl (C=O) groups is 3. The van der Waals surface area contributed by atoms with E-state index in [9.17, 15) is 14.4 Å². The summed E-state index contributed by atoms with van der Waals surface area (Å²) in [7, 11) is 1.56. The summed E-state index contributed by atoms with van der Waals surface area (Å²) in [5.41, 5.74) is 0.849. The van der Waals surface area contributed by atoms with Gasteiger partial charge in [0.05, 0.1) is 18.0 Å². The Labute approximate surface area is 147 Å². The number of amides is 3. The first-order valence-corrected chi connectivity index (χ1v) is 8.52. The Morgan fingerprint density at radius 2 is 2.16 bits per heavy atom. The Morgan fingerprint density at radius 1 is 1.40 bits per heavy atom. The van der Waals surface area contributed by atoms with Crippen molar-refractivity contribution in [2.75, 3.05) is 25.5 Å². The van der Waals surface area contributed by atoms with Gasteiger partial charge in [0.2, 0.25) is 11.8 Å². The number of aromatic nitrogens is 2. The molecular formula is C15H17N5O4S. The monoisotopic (exact) mass is 363 g/mol. The molecule has 1 aliphatic heterocycles. The third-order valence-electron chi connectivity index (χ3n) is 3.79. The summed E-state index contributed by atoms with van der Waals surface area (Å²) in [6.07, 6.45) is 0.172. The molecule has 0 unspecified atom stereocenters. The number of rotatable bonds is 5. The van der Waals surface area contributed by atoms with Crippen molar-refractivity contribution in [3.63, 3.8) is 0 Å². The molecule has 0 spiro atoms. The van der Waals surface area contributed by atoms with Crippen LogP contribution < -0.4 is 10.6 Å². The summed E-state index contributed by atoms with van der Waals surface area (Å²) in [6.45, 7) is 2.36. The Balaban J connectivity index is 1.49. The molecule has 0 aliphatic carbocycles. The lowest BCUT2D eigenvalue weighted by atomic mass is 9.99. The van der Waals surface area contributed by atoms with Gasteiger partial charge in [0.1, 0.15) is 5.76 Å². The van der Waals surface area contributed by atoms with E-state index < -0.39 is 0 Å². The first kappa shape index (κ1) is 17.1. The molecular weight excluding hydrogens is 346 g/mol. The first-order valence-electron chi connectivity index (χ1n) is 7.64. The average Bonchev–Trinajstić information content (AvgIpc) is 3.14. The van der Waals surface area contributed by atoms with Crippen LogP contribution in [0.1, 0.15) is 21.9 Å². The third kappa shape index (κ3) is 3.85. The van der Waals surface area contributed by atoms with Gasteiger partial charge in [-0.1, -0.05) is 5.16 Å². The molecule has 0 aromatic carbocycles. The van der Waals surface area contributed by atoms with E-state index in [4.69, 9.17) is 4.52 Å². The van der Waals surface area contributed by atoms with Crippen molar-refractivity contribution < 1.29 is 18.9 Å². The number of nitrogens with zero attached hydrogens (tertiary/aromatic N) is 3. The smallest absolute Gasteiger partial charge is 0.276 e. The van der Waals surface area contributed by atoms with Crippen LogP contribution >= 0.6 is 11.3 Å². The van der Waals surface area contributed by atoms with Crippen LogP contribution in [0.3, 0.4) is 0 Å². The lowest BCUT2D eigenvalue weighted by Crippen LogP contribution is -2.54. The highest BCUT2D eigenvalue weighted by Crippen LogP contribution is 2.22. The highest BCUT2D eigenvalue weighted by molar-refractivity contribution is 7.13. The zero-order valence-electron chi connectivity index (χ0n) is 13.7. The van der Waals surface area contributed by atoms with Gasteiger partial charge >= 0.3 is 0 Å². The molecule has 0 saturated carbocycles. The maximum atomic E-state index is 12.2. The second-order valence-corrected chi connectivity index (χ2v) is 6.57. The van der Waals surface area contributed by atoms with Crippen molar-refractivity contribution in [2.45, 2.75) is 13.3 Å². The van der Waals surface area contributed by atoms with E-state index in [1.807, 2.05) is 0 Å². The van der Waals surface area contributed by atoms with Crippen molar-refractivity contribution in [3.8, 4) is 0 Å². The summed E-state index contributed by atoms with van der Waals surface area (Å²) in [5, 5.41) is 11.1. The van der Waals surface area contributed by atoms with E-state index in [0.29, 0.717) is 29.7 Å². The number of hydrogen-bond acceptors (Lipinski definition) is 7. The van der Waals surface area contributed by atoms with E-state index >= 15 is 0 Å². The van der Waals surface area contributed by atoms with Crippen LogP contribution in [-0.4, -0.2) is 52.9 Å². The molecule has 0 atom stereocenters. The summed E-state index contributed by atoms with van der Waals surface area (Å²) in [6, 6.07) is 1.57. The van der Waals surface area contributed by atoms with Crippen LogP contribution in [0.4, 0.5) is 5.13 Å². The van der Waals surface area contributed by atoms with Crippen molar-refractivity contribution in [1.29, 1.82) is 0 Å². The predicted octanol–water partition coefficient (Wildman–Crippen LogP) is 0.439. The quantitative estimate of drug-likeness (QED) is 0.796. The van der Waals surface area contributed by atoms with Crippen LogP contribution in [0.5, 0.6) is 0 Å². The molecule has 10 heteroatoms. The lowest BCUT2D eigenvalue weighted by molar-refractivity contribution is -0.123. The fourth-order valence-electron chi connectivity index (χ4n) is 2.35. The molecule has 132 valence electrons. The maximum absolute atomic E-state index is 12.2. The Morgan fingerprint density at radius 3 is 2.80 bits per heavy atom. The van der Waals surface area contributed by atoms with Crippen LogP contribution in [0, 0.1) is 12.8 Å². The summed E-state index contributed by atoms with van der Waals surface area (Å²) in [5.74, 6) is -0.304. The predicted molar refractivity (Wildman–Crippen MR) is 89.1 cm³/mol. The van der Waals surface area contributed by atoms with Crippen molar-refractivity contribution >= 4 is 34.2 Å². The van der Waals surface area contributed by atoms with Gasteiger partial charge in [0, 0.05) is 31.6 Å². The van der Waals surface area contributed by atoms with Gasteiger partial charge in [0.25, 0.3) is 5.91 Å². The Bertz CT molecular complexity index is 808. The number of aryl methyl sites for hydroxylation is 1. The van der Waals surface area contributed by atoms with E-state index in [0.717, 1.165) is 0 Å². The largest absolute Gasteiger partial charge is 0.361 e. The molecule has 3 heterocycles. The highest BCUT2D eigenvalue weighted by Gasteiger charge is 2.37. The van der Waals surface area contributed by atoms with Crippen LogP contribution in [0.2, 0.25) is 0 Å². The van der Waals surface area contributed by atoms with Gasteiger partial charge in [-0.05, 0) is 6.92 Å². The minimum atomic E-state index is -0.289. The molecule has 3 amide bonds.